The Bertz CT molecular complexity index is 399. The third-order valence-corrected chi connectivity index (χ3v) is 2.52. The summed E-state index contributed by atoms with van der Waals surface area (Å²) in [5, 5.41) is 3.05. The molecule has 0 saturated heterocycles. The number of halogens is 1. The van der Waals surface area contributed by atoms with Crippen molar-refractivity contribution in [1.82, 2.24) is 10.3 Å². The van der Waals surface area contributed by atoms with E-state index in [9.17, 15) is 4.79 Å². The molecule has 6 heteroatoms. The lowest BCUT2D eigenvalue weighted by Crippen LogP contribution is -2.25. The molecule has 0 radical (unpaired) electrons. The molecule has 0 aliphatic rings. The number of aromatic nitrogens is 1. The fourth-order valence-electron chi connectivity index (χ4n) is 1.35. The summed E-state index contributed by atoms with van der Waals surface area (Å²) in [5.41, 5.74) is 5.85. The maximum absolute atomic E-state index is 11.8. The highest BCUT2D eigenvalue weighted by atomic mass is 35.5. The molecule has 3 N–H and O–H groups in total. The minimum Gasteiger partial charge on any atom is -0.384 e. The molecule has 0 spiro atoms. The highest BCUT2D eigenvalue weighted by Gasteiger charge is 2.10. The van der Waals surface area contributed by atoms with Crippen LogP contribution in [0.4, 0.5) is 5.82 Å². The van der Waals surface area contributed by atoms with Crippen LogP contribution in [-0.4, -0.2) is 30.6 Å². The third kappa shape index (κ3) is 4.89. The largest absolute Gasteiger partial charge is 0.384 e. The van der Waals surface area contributed by atoms with Crippen molar-refractivity contribution in [1.29, 1.82) is 0 Å². The lowest BCUT2D eigenvalue weighted by atomic mass is 10.2. The molecule has 1 aromatic rings. The van der Waals surface area contributed by atoms with E-state index in [-0.39, 0.29) is 11.7 Å². The predicted octanol–water partition coefficient (Wildman–Crippen LogP) is 1.86. The number of carbonyl (C=O) groups is 1. The van der Waals surface area contributed by atoms with Crippen molar-refractivity contribution in [3.8, 4) is 0 Å². The second-order valence-electron chi connectivity index (χ2n) is 3.81. The smallest absolute Gasteiger partial charge is 0.252 e. The maximum atomic E-state index is 11.8. The Balaban J connectivity index is 2.34. The summed E-state index contributed by atoms with van der Waals surface area (Å²) in [4.78, 5) is 15.6. The first kappa shape index (κ1) is 14.7. The second-order valence-corrected chi connectivity index (χ2v) is 4.22. The van der Waals surface area contributed by atoms with Gasteiger partial charge in [0, 0.05) is 26.0 Å². The van der Waals surface area contributed by atoms with E-state index in [0.717, 1.165) is 19.4 Å². The van der Waals surface area contributed by atoms with E-state index in [0.29, 0.717) is 23.7 Å². The van der Waals surface area contributed by atoms with Crippen molar-refractivity contribution in [2.24, 2.45) is 0 Å². The van der Waals surface area contributed by atoms with E-state index in [4.69, 9.17) is 22.1 Å². The molecule has 100 valence electrons. The molecule has 0 aliphatic carbocycles. The number of hydrogen-bond acceptors (Lipinski definition) is 4. The predicted molar refractivity (Wildman–Crippen MR) is 71.7 cm³/mol. The number of ether oxygens (including phenoxy) is 1. The van der Waals surface area contributed by atoms with Gasteiger partial charge in [0.2, 0.25) is 0 Å². The van der Waals surface area contributed by atoms with E-state index in [1.165, 1.54) is 12.3 Å². The van der Waals surface area contributed by atoms with Crippen LogP contribution in [0.5, 0.6) is 0 Å². The van der Waals surface area contributed by atoms with Crippen molar-refractivity contribution in [3.05, 3.63) is 22.8 Å². The lowest BCUT2D eigenvalue weighted by Gasteiger charge is -2.07. The minimum atomic E-state index is -0.246. The number of nitrogens with one attached hydrogen (secondary N) is 1. The van der Waals surface area contributed by atoms with Crippen LogP contribution in [0.3, 0.4) is 0 Å². The fourth-order valence-corrected chi connectivity index (χ4v) is 1.54. The van der Waals surface area contributed by atoms with Gasteiger partial charge in [0.1, 0.15) is 5.82 Å². The summed E-state index contributed by atoms with van der Waals surface area (Å²) in [6.07, 6.45) is 3.14. The molecule has 1 amide bonds. The van der Waals surface area contributed by atoms with Gasteiger partial charge < -0.3 is 15.8 Å². The molecule has 1 rings (SSSR count). The molecule has 5 nitrogen and oxygen atoms in total. The Morgan fingerprint density at radius 2 is 2.33 bits per heavy atom. The molecule has 0 saturated carbocycles. The standard InChI is InChI=1S/C12H18ClN3O2/c1-2-5-18-6-3-4-15-12(17)9-7-11(14)16-8-10(9)13/h7-8H,2-6H2,1H3,(H2,14,16)(H,15,17). The van der Waals surface area contributed by atoms with E-state index in [1.807, 2.05) is 0 Å². The average molecular weight is 272 g/mol. The normalized spacial score (nSPS) is 10.3. The van der Waals surface area contributed by atoms with E-state index < -0.39 is 0 Å². The topological polar surface area (TPSA) is 77.2 Å². The van der Waals surface area contributed by atoms with Crippen LogP contribution in [0.15, 0.2) is 12.3 Å². The number of nitrogens with two attached hydrogens (primary N) is 1. The summed E-state index contributed by atoms with van der Waals surface area (Å²) in [5.74, 6) is 0.0282. The molecule has 0 unspecified atom stereocenters. The molecule has 0 fully saturated rings. The number of pyridine rings is 1. The Hall–Kier alpha value is -1.33. The number of nitrogens with zero attached hydrogens (tertiary/aromatic N) is 1. The van der Waals surface area contributed by atoms with Crippen molar-refractivity contribution < 1.29 is 9.53 Å². The highest BCUT2D eigenvalue weighted by molar-refractivity contribution is 6.33. The van der Waals surface area contributed by atoms with Crippen molar-refractivity contribution in [2.75, 3.05) is 25.5 Å². The Labute approximate surface area is 112 Å². The van der Waals surface area contributed by atoms with Crippen LogP contribution in [0, 0.1) is 0 Å². The molecular formula is C12H18ClN3O2. The van der Waals surface area contributed by atoms with Gasteiger partial charge in [0.25, 0.3) is 5.91 Å². The van der Waals surface area contributed by atoms with Gasteiger partial charge in [-0.05, 0) is 18.9 Å². The number of rotatable bonds is 7. The lowest BCUT2D eigenvalue weighted by molar-refractivity contribution is 0.0941. The van der Waals surface area contributed by atoms with Crippen LogP contribution in [-0.2, 0) is 4.74 Å². The van der Waals surface area contributed by atoms with Crippen LogP contribution in [0.1, 0.15) is 30.1 Å². The molecule has 1 heterocycles. The zero-order valence-corrected chi connectivity index (χ0v) is 11.2. The zero-order chi connectivity index (χ0) is 13.4. The Morgan fingerprint density at radius 1 is 1.56 bits per heavy atom. The Kier molecular flexibility index (Phi) is 6.46. The van der Waals surface area contributed by atoms with Gasteiger partial charge in [0.15, 0.2) is 0 Å². The minimum absolute atomic E-state index is 0.246. The second kappa shape index (κ2) is 7.89. The van der Waals surface area contributed by atoms with Crippen LogP contribution < -0.4 is 11.1 Å². The molecule has 0 atom stereocenters. The molecule has 18 heavy (non-hydrogen) atoms. The number of carbonyl (C=O) groups excluding carboxylic acids is 1. The first-order valence-corrected chi connectivity index (χ1v) is 6.30. The Morgan fingerprint density at radius 3 is 3.06 bits per heavy atom. The molecule has 0 bridgehead atoms. The summed E-state index contributed by atoms with van der Waals surface area (Å²) < 4.78 is 5.31. The van der Waals surface area contributed by atoms with Gasteiger partial charge in [-0.15, -0.1) is 0 Å². The number of hydrogen-bond donors (Lipinski definition) is 2. The molecule has 0 aromatic carbocycles. The monoisotopic (exact) mass is 271 g/mol. The van der Waals surface area contributed by atoms with Crippen molar-refractivity contribution in [3.63, 3.8) is 0 Å². The fraction of sp³-hybridized carbons (Fsp3) is 0.500. The van der Waals surface area contributed by atoms with Crippen LogP contribution in [0.25, 0.3) is 0 Å². The maximum Gasteiger partial charge on any atom is 0.252 e. The number of nitrogen functional groups attached to an aromatic ring is 1. The summed E-state index contributed by atoms with van der Waals surface area (Å²) in [6, 6.07) is 1.46. The summed E-state index contributed by atoms with van der Waals surface area (Å²) in [6.45, 7) is 3.99. The molecule has 1 aromatic heterocycles. The molecule has 0 aliphatic heterocycles. The van der Waals surface area contributed by atoms with Crippen LogP contribution >= 0.6 is 11.6 Å². The van der Waals surface area contributed by atoms with Gasteiger partial charge in [-0.25, -0.2) is 4.98 Å². The van der Waals surface area contributed by atoms with E-state index in [1.54, 1.807) is 0 Å². The first-order valence-electron chi connectivity index (χ1n) is 5.92. The number of amides is 1. The van der Waals surface area contributed by atoms with Gasteiger partial charge in [-0.3, -0.25) is 4.79 Å². The first-order chi connectivity index (χ1) is 8.65. The quantitative estimate of drug-likeness (QED) is 0.742. The third-order valence-electron chi connectivity index (χ3n) is 2.22. The zero-order valence-electron chi connectivity index (χ0n) is 10.4. The van der Waals surface area contributed by atoms with Crippen LogP contribution in [0.2, 0.25) is 5.02 Å². The average Bonchev–Trinajstić information content (AvgIpc) is 2.36. The van der Waals surface area contributed by atoms with E-state index >= 15 is 0 Å². The van der Waals surface area contributed by atoms with Gasteiger partial charge in [-0.1, -0.05) is 18.5 Å². The van der Waals surface area contributed by atoms with Gasteiger partial charge in [-0.2, -0.15) is 0 Å². The highest BCUT2D eigenvalue weighted by Crippen LogP contribution is 2.16. The summed E-state index contributed by atoms with van der Waals surface area (Å²) >= 11 is 5.87. The molecular weight excluding hydrogens is 254 g/mol. The van der Waals surface area contributed by atoms with E-state index in [2.05, 4.69) is 17.2 Å². The van der Waals surface area contributed by atoms with Crippen molar-refractivity contribution in [2.45, 2.75) is 19.8 Å². The summed E-state index contributed by atoms with van der Waals surface area (Å²) in [7, 11) is 0. The number of anilines is 1. The van der Waals surface area contributed by atoms with Gasteiger partial charge >= 0.3 is 0 Å². The van der Waals surface area contributed by atoms with Gasteiger partial charge in [0.05, 0.1) is 10.6 Å². The SMILES string of the molecule is CCCOCCCNC(=O)c1cc(N)ncc1Cl. The van der Waals surface area contributed by atoms with Crippen molar-refractivity contribution >= 4 is 23.3 Å².